The van der Waals surface area contributed by atoms with Crippen LogP contribution in [0, 0.1) is 0 Å². The molecule has 0 amide bonds. The molecule has 0 aliphatic heterocycles. The smallest absolute Gasteiger partial charge is 0.0361 e. The van der Waals surface area contributed by atoms with E-state index in [1.165, 1.54) is 62.6 Å². The number of hydrogen-bond acceptors (Lipinski definition) is 2. The standard InChI is InChI=1S/C19H34N2/c1-4-5-6-7-8-9-10-11-16-20-17-18-12-14-19(15-13-18)21(2)3/h12-15,20H,4-11,16-17H2,1-3H3. The van der Waals surface area contributed by atoms with Crippen molar-refractivity contribution < 1.29 is 0 Å². The summed E-state index contributed by atoms with van der Waals surface area (Å²) in [5, 5.41) is 3.55. The quantitative estimate of drug-likeness (QED) is 0.546. The number of nitrogens with one attached hydrogen (secondary N) is 1. The van der Waals surface area contributed by atoms with Gasteiger partial charge in [0.2, 0.25) is 0 Å². The molecule has 1 rings (SSSR count). The van der Waals surface area contributed by atoms with Crippen molar-refractivity contribution >= 4 is 5.69 Å². The molecule has 0 heterocycles. The van der Waals surface area contributed by atoms with Gasteiger partial charge in [0.1, 0.15) is 0 Å². The molecule has 0 aliphatic carbocycles. The van der Waals surface area contributed by atoms with Gasteiger partial charge in [0, 0.05) is 26.3 Å². The lowest BCUT2D eigenvalue weighted by Crippen LogP contribution is -2.15. The Morgan fingerprint density at radius 3 is 1.95 bits per heavy atom. The van der Waals surface area contributed by atoms with Crippen molar-refractivity contribution in [3.8, 4) is 0 Å². The van der Waals surface area contributed by atoms with Crippen LogP contribution in [0.2, 0.25) is 0 Å². The molecule has 0 aromatic heterocycles. The molecule has 0 atom stereocenters. The maximum atomic E-state index is 3.55. The topological polar surface area (TPSA) is 15.3 Å². The van der Waals surface area contributed by atoms with Gasteiger partial charge in [0.05, 0.1) is 0 Å². The van der Waals surface area contributed by atoms with Crippen LogP contribution in [0.5, 0.6) is 0 Å². The summed E-state index contributed by atoms with van der Waals surface area (Å²) < 4.78 is 0. The molecule has 2 heteroatoms. The molecule has 0 spiro atoms. The van der Waals surface area contributed by atoms with Gasteiger partial charge in [-0.1, -0.05) is 64.0 Å². The second-order valence-electron chi connectivity index (χ2n) is 6.21. The van der Waals surface area contributed by atoms with E-state index in [0.29, 0.717) is 0 Å². The molecule has 0 radical (unpaired) electrons. The molecule has 0 saturated carbocycles. The second-order valence-corrected chi connectivity index (χ2v) is 6.21. The molecule has 1 aromatic rings. The van der Waals surface area contributed by atoms with Crippen molar-refractivity contribution in [2.45, 2.75) is 64.8 Å². The minimum Gasteiger partial charge on any atom is -0.378 e. The van der Waals surface area contributed by atoms with Crippen LogP contribution in [0.3, 0.4) is 0 Å². The number of benzene rings is 1. The lowest BCUT2D eigenvalue weighted by atomic mass is 10.1. The van der Waals surface area contributed by atoms with E-state index in [9.17, 15) is 0 Å². The first-order chi connectivity index (χ1) is 10.2. The molecule has 0 unspecified atom stereocenters. The number of nitrogens with zero attached hydrogens (tertiary/aromatic N) is 1. The van der Waals surface area contributed by atoms with Crippen LogP contribution >= 0.6 is 0 Å². The van der Waals surface area contributed by atoms with Crippen LogP contribution < -0.4 is 10.2 Å². The Bertz CT molecular complexity index is 343. The lowest BCUT2D eigenvalue weighted by molar-refractivity contribution is 0.555. The molecule has 21 heavy (non-hydrogen) atoms. The predicted octanol–water partition coefficient (Wildman–Crippen LogP) is 4.98. The van der Waals surface area contributed by atoms with Gasteiger partial charge in [-0.2, -0.15) is 0 Å². The summed E-state index contributed by atoms with van der Waals surface area (Å²) in [4.78, 5) is 2.14. The van der Waals surface area contributed by atoms with Gasteiger partial charge < -0.3 is 10.2 Å². The molecule has 1 N–H and O–H groups in total. The number of rotatable bonds is 12. The van der Waals surface area contributed by atoms with E-state index in [-0.39, 0.29) is 0 Å². The highest BCUT2D eigenvalue weighted by atomic mass is 15.1. The van der Waals surface area contributed by atoms with Crippen molar-refractivity contribution in [1.82, 2.24) is 5.32 Å². The lowest BCUT2D eigenvalue weighted by Gasteiger charge is -2.12. The van der Waals surface area contributed by atoms with E-state index in [1.807, 2.05) is 0 Å². The Morgan fingerprint density at radius 1 is 0.810 bits per heavy atom. The zero-order valence-corrected chi connectivity index (χ0v) is 14.3. The van der Waals surface area contributed by atoms with Crippen LogP contribution in [0.1, 0.15) is 63.9 Å². The maximum absolute atomic E-state index is 3.55. The summed E-state index contributed by atoms with van der Waals surface area (Å²) in [6.45, 7) is 4.41. The van der Waals surface area contributed by atoms with E-state index >= 15 is 0 Å². The molecular formula is C19H34N2. The first-order valence-electron chi connectivity index (χ1n) is 8.71. The molecule has 0 bridgehead atoms. The van der Waals surface area contributed by atoms with Gasteiger partial charge in [0.25, 0.3) is 0 Å². The Balaban J connectivity index is 1.96. The van der Waals surface area contributed by atoms with Gasteiger partial charge in [-0.3, -0.25) is 0 Å². The van der Waals surface area contributed by atoms with Crippen molar-refractivity contribution in [3.05, 3.63) is 29.8 Å². The zero-order chi connectivity index (χ0) is 15.3. The minimum absolute atomic E-state index is 0.990. The Labute approximate surface area is 131 Å². The van der Waals surface area contributed by atoms with Gasteiger partial charge >= 0.3 is 0 Å². The van der Waals surface area contributed by atoms with Crippen LogP contribution in [-0.4, -0.2) is 20.6 Å². The normalized spacial score (nSPS) is 10.8. The van der Waals surface area contributed by atoms with Gasteiger partial charge in [-0.05, 0) is 30.7 Å². The molecule has 1 aromatic carbocycles. The summed E-state index contributed by atoms with van der Waals surface area (Å²) in [6.07, 6.45) is 11.1. The molecule has 0 saturated heterocycles. The van der Waals surface area contributed by atoms with Crippen LogP contribution in [0.4, 0.5) is 5.69 Å². The zero-order valence-electron chi connectivity index (χ0n) is 14.3. The minimum atomic E-state index is 0.990. The molecule has 120 valence electrons. The highest BCUT2D eigenvalue weighted by Gasteiger charge is 1.96. The number of unbranched alkanes of at least 4 members (excludes halogenated alkanes) is 7. The Morgan fingerprint density at radius 2 is 1.38 bits per heavy atom. The third-order valence-electron chi connectivity index (χ3n) is 3.99. The molecule has 2 nitrogen and oxygen atoms in total. The fourth-order valence-electron chi connectivity index (χ4n) is 2.53. The third kappa shape index (κ3) is 8.77. The Kier molecular flexibility index (Phi) is 9.98. The van der Waals surface area contributed by atoms with E-state index < -0.39 is 0 Å². The molecule has 0 aliphatic rings. The van der Waals surface area contributed by atoms with Gasteiger partial charge in [-0.25, -0.2) is 0 Å². The van der Waals surface area contributed by atoms with Crippen molar-refractivity contribution in [2.24, 2.45) is 0 Å². The SMILES string of the molecule is CCCCCCCCCCNCc1ccc(N(C)C)cc1. The van der Waals surface area contributed by atoms with Crippen LogP contribution in [0.25, 0.3) is 0 Å². The maximum Gasteiger partial charge on any atom is 0.0361 e. The first kappa shape index (κ1) is 18.0. The van der Waals surface area contributed by atoms with Crippen molar-refractivity contribution in [2.75, 3.05) is 25.5 Å². The number of hydrogen-bond donors (Lipinski definition) is 1. The van der Waals surface area contributed by atoms with Gasteiger partial charge in [-0.15, -0.1) is 0 Å². The van der Waals surface area contributed by atoms with E-state index in [1.54, 1.807) is 0 Å². The summed E-state index contributed by atoms with van der Waals surface area (Å²) in [6, 6.07) is 8.81. The monoisotopic (exact) mass is 290 g/mol. The van der Waals surface area contributed by atoms with Crippen molar-refractivity contribution in [3.63, 3.8) is 0 Å². The van der Waals surface area contributed by atoms with E-state index in [2.05, 4.69) is 55.5 Å². The number of anilines is 1. The van der Waals surface area contributed by atoms with Gasteiger partial charge in [0.15, 0.2) is 0 Å². The highest BCUT2D eigenvalue weighted by molar-refractivity contribution is 5.45. The molecular weight excluding hydrogens is 256 g/mol. The third-order valence-corrected chi connectivity index (χ3v) is 3.99. The first-order valence-corrected chi connectivity index (χ1v) is 8.71. The van der Waals surface area contributed by atoms with Crippen LogP contribution in [0.15, 0.2) is 24.3 Å². The van der Waals surface area contributed by atoms with Crippen LogP contribution in [-0.2, 0) is 6.54 Å². The summed E-state index contributed by atoms with van der Waals surface area (Å²) in [7, 11) is 4.16. The fourth-order valence-corrected chi connectivity index (χ4v) is 2.53. The fraction of sp³-hybridized carbons (Fsp3) is 0.684. The highest BCUT2D eigenvalue weighted by Crippen LogP contribution is 2.12. The average molecular weight is 290 g/mol. The average Bonchev–Trinajstić information content (AvgIpc) is 2.49. The van der Waals surface area contributed by atoms with Crippen molar-refractivity contribution in [1.29, 1.82) is 0 Å². The van der Waals surface area contributed by atoms with E-state index in [4.69, 9.17) is 0 Å². The summed E-state index contributed by atoms with van der Waals surface area (Å²) in [5.74, 6) is 0. The Hall–Kier alpha value is -1.02. The van der Waals surface area contributed by atoms with E-state index in [0.717, 1.165) is 13.1 Å². The second kappa shape index (κ2) is 11.6. The molecule has 0 fully saturated rings. The largest absolute Gasteiger partial charge is 0.378 e. The summed E-state index contributed by atoms with van der Waals surface area (Å²) >= 11 is 0. The summed E-state index contributed by atoms with van der Waals surface area (Å²) in [5.41, 5.74) is 2.64. The predicted molar refractivity (Wildman–Crippen MR) is 95.1 cm³/mol.